The zero-order chi connectivity index (χ0) is 13.2. The van der Waals surface area contributed by atoms with E-state index in [-0.39, 0.29) is 19.1 Å². The highest BCUT2D eigenvalue weighted by Crippen LogP contribution is 2.58. The third kappa shape index (κ3) is 2.60. The molecule has 0 aromatic carbocycles. The fourth-order valence-corrected chi connectivity index (χ4v) is 2.48. The maximum Gasteiger partial charge on any atom is 0.307 e. The van der Waals surface area contributed by atoms with Crippen LogP contribution < -0.4 is 0 Å². The molecule has 1 amide bonds. The first kappa shape index (κ1) is 14.0. The molecule has 0 bridgehead atoms. The number of aliphatic hydroxyl groups excluding tert-OH is 1. The first-order valence-corrected chi connectivity index (χ1v) is 6.00. The number of carboxylic acid groups (broad SMARTS) is 1. The second-order valence-corrected chi connectivity index (χ2v) is 5.16. The molecule has 2 N–H and O–H groups in total. The summed E-state index contributed by atoms with van der Waals surface area (Å²) in [5.74, 6) is -2.08. The molecule has 0 saturated heterocycles. The number of hydrogen-bond donors (Lipinski definition) is 2. The molecular weight excluding hydrogens is 222 g/mol. The summed E-state index contributed by atoms with van der Waals surface area (Å²) in [4.78, 5) is 24.7. The number of hydrogen-bond acceptors (Lipinski definition) is 3. The average Bonchev–Trinajstić information content (AvgIpc) is 2.80. The van der Waals surface area contributed by atoms with Crippen LogP contribution in [-0.4, -0.2) is 46.7 Å². The van der Waals surface area contributed by atoms with Crippen LogP contribution in [0.15, 0.2) is 0 Å². The molecule has 2 atom stereocenters. The predicted octanol–water partition coefficient (Wildman–Crippen LogP) is 0.574. The van der Waals surface area contributed by atoms with Gasteiger partial charge in [0.25, 0.3) is 0 Å². The van der Waals surface area contributed by atoms with Gasteiger partial charge >= 0.3 is 5.97 Å². The van der Waals surface area contributed by atoms with Gasteiger partial charge in [-0.15, -0.1) is 0 Å². The van der Waals surface area contributed by atoms with E-state index in [1.165, 1.54) is 0 Å². The smallest absolute Gasteiger partial charge is 0.307 e. The van der Waals surface area contributed by atoms with Crippen LogP contribution >= 0.6 is 0 Å². The van der Waals surface area contributed by atoms with Crippen molar-refractivity contribution in [2.24, 2.45) is 17.3 Å². The molecule has 1 fully saturated rings. The van der Waals surface area contributed by atoms with Gasteiger partial charge in [0.2, 0.25) is 5.91 Å². The van der Waals surface area contributed by atoms with Crippen molar-refractivity contribution < 1.29 is 19.8 Å². The van der Waals surface area contributed by atoms with E-state index in [1.54, 1.807) is 18.7 Å². The largest absolute Gasteiger partial charge is 0.481 e. The summed E-state index contributed by atoms with van der Waals surface area (Å²) in [5, 5.41) is 17.9. The molecule has 0 spiro atoms. The second-order valence-electron chi connectivity index (χ2n) is 5.16. The van der Waals surface area contributed by atoms with Gasteiger partial charge in [-0.2, -0.15) is 0 Å². The Morgan fingerprint density at radius 2 is 1.82 bits per heavy atom. The van der Waals surface area contributed by atoms with Crippen LogP contribution in [0.3, 0.4) is 0 Å². The lowest BCUT2D eigenvalue weighted by Gasteiger charge is -2.21. The van der Waals surface area contributed by atoms with E-state index in [0.29, 0.717) is 6.54 Å². The third-order valence-electron chi connectivity index (χ3n) is 3.53. The lowest BCUT2D eigenvalue weighted by molar-refractivity contribution is -0.142. The maximum atomic E-state index is 12.2. The zero-order valence-electron chi connectivity index (χ0n) is 10.6. The number of aliphatic carboxylic acids is 1. The number of carbonyl (C=O) groups is 2. The van der Waals surface area contributed by atoms with E-state index in [0.717, 1.165) is 6.42 Å². The van der Waals surface area contributed by atoms with Crippen molar-refractivity contribution in [1.82, 2.24) is 4.90 Å². The molecule has 0 radical (unpaired) electrons. The number of nitrogens with zero attached hydrogens (tertiary/aromatic N) is 1. The van der Waals surface area contributed by atoms with E-state index < -0.39 is 23.2 Å². The van der Waals surface area contributed by atoms with Crippen LogP contribution in [0.4, 0.5) is 0 Å². The molecule has 0 aliphatic heterocycles. The maximum absolute atomic E-state index is 12.2. The monoisotopic (exact) mass is 243 g/mol. The first-order chi connectivity index (χ1) is 7.87. The van der Waals surface area contributed by atoms with E-state index in [9.17, 15) is 9.59 Å². The van der Waals surface area contributed by atoms with Gasteiger partial charge in [0.05, 0.1) is 18.4 Å². The van der Waals surface area contributed by atoms with Crippen LogP contribution in [-0.2, 0) is 9.59 Å². The highest BCUT2D eigenvalue weighted by molar-refractivity contribution is 5.91. The zero-order valence-corrected chi connectivity index (χ0v) is 10.6. The van der Waals surface area contributed by atoms with Crippen molar-refractivity contribution in [3.63, 3.8) is 0 Å². The number of carboxylic acids is 1. The summed E-state index contributed by atoms with van der Waals surface area (Å²) >= 11 is 0. The SMILES string of the molecule is CCCN(CCO)C(=O)C1C(C(=O)O)C1(C)C. The Hall–Kier alpha value is -1.10. The van der Waals surface area contributed by atoms with E-state index in [1.807, 2.05) is 6.92 Å². The van der Waals surface area contributed by atoms with Crippen LogP contribution in [0.25, 0.3) is 0 Å². The highest BCUT2D eigenvalue weighted by Gasteiger charge is 2.66. The Morgan fingerprint density at radius 1 is 1.24 bits per heavy atom. The van der Waals surface area contributed by atoms with E-state index in [4.69, 9.17) is 10.2 Å². The summed E-state index contributed by atoms with van der Waals surface area (Å²) in [6, 6.07) is 0. The van der Waals surface area contributed by atoms with Crippen LogP contribution in [0.1, 0.15) is 27.2 Å². The Bertz CT molecular complexity index is 308. The number of carbonyl (C=O) groups excluding carboxylic acids is 1. The predicted molar refractivity (Wildman–Crippen MR) is 62.4 cm³/mol. The molecule has 1 rings (SSSR count). The fraction of sp³-hybridized carbons (Fsp3) is 0.833. The van der Waals surface area contributed by atoms with Crippen molar-refractivity contribution in [2.45, 2.75) is 27.2 Å². The van der Waals surface area contributed by atoms with Gasteiger partial charge in [-0.25, -0.2) is 0 Å². The van der Waals surface area contributed by atoms with E-state index >= 15 is 0 Å². The quantitative estimate of drug-likeness (QED) is 0.715. The van der Waals surface area contributed by atoms with Gasteiger partial charge in [-0.05, 0) is 11.8 Å². The topological polar surface area (TPSA) is 77.8 Å². The Balaban J connectivity index is 2.72. The molecule has 2 unspecified atom stereocenters. The first-order valence-electron chi connectivity index (χ1n) is 6.00. The van der Waals surface area contributed by atoms with Crippen molar-refractivity contribution in [2.75, 3.05) is 19.7 Å². The van der Waals surface area contributed by atoms with Gasteiger partial charge in [0, 0.05) is 13.1 Å². The molecule has 17 heavy (non-hydrogen) atoms. The average molecular weight is 243 g/mol. The fourth-order valence-electron chi connectivity index (χ4n) is 2.48. The molecule has 1 aliphatic rings. The van der Waals surface area contributed by atoms with Crippen molar-refractivity contribution >= 4 is 11.9 Å². The van der Waals surface area contributed by atoms with Crippen LogP contribution in [0.2, 0.25) is 0 Å². The lowest BCUT2D eigenvalue weighted by Crippen LogP contribution is -2.36. The molecule has 1 saturated carbocycles. The minimum Gasteiger partial charge on any atom is -0.481 e. The normalized spacial score (nSPS) is 25.4. The third-order valence-corrected chi connectivity index (χ3v) is 3.53. The summed E-state index contributed by atoms with van der Waals surface area (Å²) in [6.07, 6.45) is 0.802. The minimum absolute atomic E-state index is 0.0867. The Morgan fingerprint density at radius 3 is 2.18 bits per heavy atom. The minimum atomic E-state index is -0.909. The van der Waals surface area contributed by atoms with Gasteiger partial charge in [0.15, 0.2) is 0 Å². The molecule has 0 heterocycles. The van der Waals surface area contributed by atoms with Crippen LogP contribution in [0.5, 0.6) is 0 Å². The molecule has 0 aromatic rings. The van der Waals surface area contributed by atoms with Crippen molar-refractivity contribution in [3.05, 3.63) is 0 Å². The summed E-state index contributed by atoms with van der Waals surface area (Å²) < 4.78 is 0. The molecule has 5 nitrogen and oxygen atoms in total. The Kier molecular flexibility index (Phi) is 4.14. The van der Waals surface area contributed by atoms with Gasteiger partial charge in [0.1, 0.15) is 0 Å². The number of rotatable bonds is 6. The molecular formula is C12H21NO4. The molecule has 1 aliphatic carbocycles. The summed E-state index contributed by atoms with van der Waals surface area (Å²) in [6.45, 7) is 6.32. The van der Waals surface area contributed by atoms with Crippen molar-refractivity contribution in [1.29, 1.82) is 0 Å². The van der Waals surface area contributed by atoms with E-state index in [2.05, 4.69) is 0 Å². The number of aliphatic hydroxyl groups is 1. The van der Waals surface area contributed by atoms with Gasteiger partial charge in [-0.3, -0.25) is 9.59 Å². The van der Waals surface area contributed by atoms with Crippen LogP contribution in [0, 0.1) is 17.3 Å². The Labute approximate surface area is 101 Å². The number of amides is 1. The summed E-state index contributed by atoms with van der Waals surface area (Å²) in [5.41, 5.74) is -0.468. The second kappa shape index (κ2) is 5.04. The highest BCUT2D eigenvalue weighted by atomic mass is 16.4. The molecule has 5 heteroatoms. The standard InChI is InChI=1S/C12H21NO4/c1-4-5-13(6-7-14)10(15)8-9(11(16)17)12(8,2)3/h8-9,14H,4-7H2,1-3H3,(H,16,17). The molecule has 0 aromatic heterocycles. The lowest BCUT2D eigenvalue weighted by atomic mass is 10.1. The molecule has 98 valence electrons. The van der Waals surface area contributed by atoms with Gasteiger partial charge < -0.3 is 15.1 Å². The summed E-state index contributed by atoms with van der Waals surface area (Å²) in [7, 11) is 0. The van der Waals surface area contributed by atoms with Crippen molar-refractivity contribution in [3.8, 4) is 0 Å². The van der Waals surface area contributed by atoms with Gasteiger partial charge in [-0.1, -0.05) is 20.8 Å².